The minimum absolute atomic E-state index is 0.0167. The smallest absolute Gasteiger partial charge is 0.410 e. The highest BCUT2D eigenvalue weighted by Gasteiger charge is 2.38. The summed E-state index contributed by atoms with van der Waals surface area (Å²) in [6, 6.07) is 15.7. The zero-order valence-corrected chi connectivity index (χ0v) is 18.1. The largest absolute Gasteiger partial charge is 0.448 e. The number of fused-ring (bicyclic) bond motifs is 3. The summed E-state index contributed by atoms with van der Waals surface area (Å²) in [5.74, 6) is -4.50. The minimum Gasteiger partial charge on any atom is -0.448 e. The van der Waals surface area contributed by atoms with E-state index in [1.165, 1.54) is 4.90 Å². The molecule has 0 bridgehead atoms. The van der Waals surface area contributed by atoms with E-state index in [0.29, 0.717) is 0 Å². The second-order valence-electron chi connectivity index (χ2n) is 8.40. The van der Waals surface area contributed by atoms with Gasteiger partial charge >= 0.3 is 6.09 Å². The fourth-order valence-electron chi connectivity index (χ4n) is 4.84. The third-order valence-electron chi connectivity index (χ3n) is 6.46. The van der Waals surface area contributed by atoms with E-state index in [9.17, 15) is 23.1 Å². The van der Waals surface area contributed by atoms with Crippen molar-refractivity contribution in [2.24, 2.45) is 0 Å². The van der Waals surface area contributed by atoms with Crippen LogP contribution in [0.1, 0.15) is 28.7 Å². The van der Waals surface area contributed by atoms with Crippen molar-refractivity contribution in [2.75, 3.05) is 26.4 Å². The lowest BCUT2D eigenvalue weighted by Gasteiger charge is -2.40. The first kappa shape index (κ1) is 22.4. The summed E-state index contributed by atoms with van der Waals surface area (Å²) in [7, 11) is 0. The summed E-state index contributed by atoms with van der Waals surface area (Å²) in [6.07, 6.45) is -0.751. The van der Waals surface area contributed by atoms with Crippen LogP contribution in [0.2, 0.25) is 0 Å². The van der Waals surface area contributed by atoms with E-state index in [2.05, 4.69) is 0 Å². The number of hydrogen-bond donors (Lipinski definition) is 1. The molecule has 1 aliphatic heterocycles. The Kier molecular flexibility index (Phi) is 6.02. The van der Waals surface area contributed by atoms with Gasteiger partial charge in [-0.2, -0.15) is 0 Å². The molecule has 1 fully saturated rings. The van der Waals surface area contributed by atoms with Crippen LogP contribution in [-0.4, -0.2) is 48.6 Å². The van der Waals surface area contributed by atoms with Gasteiger partial charge in [0, 0.05) is 5.92 Å². The Labute approximate surface area is 194 Å². The van der Waals surface area contributed by atoms with Crippen LogP contribution in [0.25, 0.3) is 11.1 Å². The maximum Gasteiger partial charge on any atom is 0.410 e. The van der Waals surface area contributed by atoms with Gasteiger partial charge in [-0.05, 0) is 39.9 Å². The molecule has 5 rings (SSSR count). The summed E-state index contributed by atoms with van der Waals surface area (Å²) in [5, 5.41) is 9.83. The highest BCUT2D eigenvalue weighted by Crippen LogP contribution is 2.44. The van der Waals surface area contributed by atoms with Gasteiger partial charge in [-0.15, -0.1) is 0 Å². The summed E-state index contributed by atoms with van der Waals surface area (Å²) in [5.41, 5.74) is 4.25. The van der Waals surface area contributed by atoms with Crippen LogP contribution in [0.15, 0.2) is 60.7 Å². The first-order chi connectivity index (χ1) is 16.5. The molecule has 2 aliphatic rings. The average Bonchev–Trinajstić information content (AvgIpc) is 3.18. The molecule has 1 heterocycles. The number of ether oxygens (including phenoxy) is 2. The number of aliphatic hydroxyl groups is 1. The molecule has 0 aromatic heterocycles. The number of nitrogens with zero attached hydrogens (tertiary/aromatic N) is 1. The van der Waals surface area contributed by atoms with Crippen LogP contribution >= 0.6 is 0 Å². The molecule has 1 amide bonds. The Bertz CT molecular complexity index is 1170. The molecule has 1 aliphatic carbocycles. The number of hydrogen-bond acceptors (Lipinski definition) is 4. The van der Waals surface area contributed by atoms with Crippen molar-refractivity contribution in [3.63, 3.8) is 0 Å². The van der Waals surface area contributed by atoms with Gasteiger partial charge in [0.05, 0.1) is 31.9 Å². The molecule has 5 nitrogen and oxygen atoms in total. The van der Waals surface area contributed by atoms with Crippen molar-refractivity contribution in [3.8, 4) is 11.1 Å². The van der Waals surface area contributed by atoms with Crippen molar-refractivity contribution in [2.45, 2.75) is 18.0 Å². The van der Waals surface area contributed by atoms with Gasteiger partial charge < -0.3 is 14.6 Å². The van der Waals surface area contributed by atoms with E-state index in [-0.39, 0.29) is 31.3 Å². The molecular weight excluding hydrogens is 447 g/mol. The number of carbonyl (C=O) groups is 1. The van der Waals surface area contributed by atoms with E-state index >= 15 is 0 Å². The number of carbonyl (C=O) groups excluding carboxylic acids is 1. The molecule has 2 atom stereocenters. The predicted molar refractivity (Wildman–Crippen MR) is 118 cm³/mol. The van der Waals surface area contributed by atoms with E-state index in [4.69, 9.17) is 9.47 Å². The van der Waals surface area contributed by atoms with E-state index < -0.39 is 42.2 Å². The van der Waals surface area contributed by atoms with Crippen molar-refractivity contribution < 1.29 is 32.5 Å². The fourth-order valence-corrected chi connectivity index (χ4v) is 4.84. The quantitative estimate of drug-likeness (QED) is 0.559. The second-order valence-corrected chi connectivity index (χ2v) is 8.40. The Morgan fingerprint density at radius 2 is 1.56 bits per heavy atom. The standard InChI is InChI=1S/C26H22F3NO4/c27-22-9-15(10-23(28)25(22)29)24-14-33-12-16(11-31)30(24)26(32)34-13-21-19-7-3-1-5-17(19)18-6-2-4-8-20(18)21/h1-10,16,21,24,31H,11-14H2/t16-,24-/m0/s1. The summed E-state index contributed by atoms with van der Waals surface area (Å²) < 4.78 is 52.4. The first-order valence-electron chi connectivity index (χ1n) is 11.0. The normalized spacial score (nSPS) is 19.6. The first-order valence-corrected chi connectivity index (χ1v) is 11.0. The molecular formula is C26H22F3NO4. The van der Waals surface area contributed by atoms with Crippen LogP contribution in [0.5, 0.6) is 0 Å². The third kappa shape index (κ3) is 3.82. The molecule has 0 unspecified atom stereocenters. The summed E-state index contributed by atoms with van der Waals surface area (Å²) in [6.45, 7) is -0.442. The monoisotopic (exact) mass is 469 g/mol. The maximum atomic E-state index is 13.9. The van der Waals surface area contributed by atoms with E-state index in [0.717, 1.165) is 34.4 Å². The average molecular weight is 469 g/mol. The van der Waals surface area contributed by atoms with E-state index in [1.807, 2.05) is 48.5 Å². The lowest BCUT2D eigenvalue weighted by molar-refractivity contribution is -0.0603. The molecule has 3 aromatic carbocycles. The molecule has 0 saturated carbocycles. The molecule has 3 aromatic rings. The van der Waals surface area contributed by atoms with Gasteiger partial charge in [0.1, 0.15) is 6.61 Å². The van der Waals surface area contributed by atoms with Crippen molar-refractivity contribution >= 4 is 6.09 Å². The molecule has 1 saturated heterocycles. The van der Waals surface area contributed by atoms with Crippen LogP contribution in [-0.2, 0) is 9.47 Å². The van der Waals surface area contributed by atoms with Crippen molar-refractivity contribution in [1.82, 2.24) is 4.90 Å². The Morgan fingerprint density at radius 3 is 2.15 bits per heavy atom. The number of benzene rings is 3. The van der Waals surface area contributed by atoms with Crippen LogP contribution in [0.4, 0.5) is 18.0 Å². The Balaban J connectivity index is 1.41. The predicted octanol–water partition coefficient (Wildman–Crippen LogP) is 4.79. The number of amides is 1. The van der Waals surface area contributed by atoms with E-state index in [1.54, 1.807) is 0 Å². The molecule has 34 heavy (non-hydrogen) atoms. The van der Waals surface area contributed by atoms with Crippen molar-refractivity contribution in [3.05, 3.63) is 94.8 Å². The number of aliphatic hydroxyl groups excluding tert-OH is 1. The van der Waals surface area contributed by atoms with Crippen LogP contribution < -0.4 is 0 Å². The van der Waals surface area contributed by atoms with Gasteiger partial charge in [-0.25, -0.2) is 18.0 Å². The second kappa shape index (κ2) is 9.12. The van der Waals surface area contributed by atoms with Gasteiger partial charge in [0.25, 0.3) is 0 Å². The maximum absolute atomic E-state index is 13.9. The molecule has 0 radical (unpaired) electrons. The lowest BCUT2D eigenvalue weighted by atomic mass is 9.98. The van der Waals surface area contributed by atoms with Gasteiger partial charge in [0.15, 0.2) is 17.5 Å². The molecule has 8 heteroatoms. The topological polar surface area (TPSA) is 59.0 Å². The highest BCUT2D eigenvalue weighted by atomic mass is 19.2. The fraction of sp³-hybridized carbons (Fsp3) is 0.269. The van der Waals surface area contributed by atoms with Gasteiger partial charge in [-0.3, -0.25) is 4.90 Å². The molecule has 1 N–H and O–H groups in total. The Morgan fingerprint density at radius 1 is 0.971 bits per heavy atom. The number of morpholine rings is 1. The zero-order chi connectivity index (χ0) is 23.8. The minimum atomic E-state index is -1.59. The zero-order valence-electron chi connectivity index (χ0n) is 18.1. The van der Waals surface area contributed by atoms with Crippen LogP contribution in [0, 0.1) is 17.5 Å². The Hall–Kier alpha value is -3.36. The van der Waals surface area contributed by atoms with Crippen LogP contribution in [0.3, 0.4) is 0 Å². The number of halogens is 3. The number of rotatable bonds is 4. The summed E-state index contributed by atoms with van der Waals surface area (Å²) >= 11 is 0. The van der Waals surface area contributed by atoms with Crippen molar-refractivity contribution in [1.29, 1.82) is 0 Å². The highest BCUT2D eigenvalue weighted by molar-refractivity contribution is 5.79. The molecule has 176 valence electrons. The SMILES string of the molecule is O=C(OCC1c2ccccc2-c2ccccc21)N1[C@@H](CO)COC[C@H]1c1cc(F)c(F)c(F)c1. The van der Waals surface area contributed by atoms with Gasteiger partial charge in [-0.1, -0.05) is 48.5 Å². The third-order valence-corrected chi connectivity index (χ3v) is 6.46. The summed E-state index contributed by atoms with van der Waals surface area (Å²) in [4.78, 5) is 14.5. The van der Waals surface area contributed by atoms with Gasteiger partial charge in [0.2, 0.25) is 0 Å². The lowest BCUT2D eigenvalue weighted by Crippen LogP contribution is -2.52. The molecule has 0 spiro atoms.